The van der Waals surface area contributed by atoms with Gasteiger partial charge in [0.05, 0.1) is 17.8 Å². The number of ether oxygens (including phenoxy) is 2. The average Bonchev–Trinajstić information content (AvgIpc) is 3.13. The highest BCUT2D eigenvalue weighted by atomic mass is 16.7. The molecule has 0 amide bonds. The highest BCUT2D eigenvalue weighted by Crippen LogP contribution is 2.65. The van der Waals surface area contributed by atoms with Crippen molar-refractivity contribution in [3.8, 4) is 0 Å². The van der Waals surface area contributed by atoms with Gasteiger partial charge in [-0.25, -0.2) is 0 Å². The minimum atomic E-state index is -0.462. The Hall–Kier alpha value is -1.33. The Labute approximate surface area is 136 Å². The number of fused-ring (bicyclic) bond motifs is 1. The fourth-order valence-electron chi connectivity index (χ4n) is 4.83. The van der Waals surface area contributed by atoms with Crippen LogP contribution in [0, 0.1) is 11.8 Å². The molecule has 0 aromatic carbocycles. The number of aldehydes is 1. The monoisotopic (exact) mass is 320 g/mol. The Bertz CT molecular complexity index is 621. The molecule has 6 atom stereocenters. The fourth-order valence-corrected chi connectivity index (χ4v) is 4.83. The van der Waals surface area contributed by atoms with Gasteiger partial charge in [-0.3, -0.25) is 14.4 Å². The number of rotatable bonds is 3. The Kier molecular flexibility index (Phi) is 3.65. The molecular weight excluding hydrogens is 296 g/mol. The first kappa shape index (κ1) is 16.5. The van der Waals surface area contributed by atoms with Crippen LogP contribution in [-0.4, -0.2) is 41.3 Å². The number of epoxide rings is 1. The van der Waals surface area contributed by atoms with Crippen LogP contribution in [0.4, 0.5) is 0 Å². The van der Waals surface area contributed by atoms with E-state index in [9.17, 15) is 14.4 Å². The van der Waals surface area contributed by atoms with Crippen molar-refractivity contribution < 1.29 is 23.9 Å². The van der Waals surface area contributed by atoms with Gasteiger partial charge in [-0.05, 0) is 34.1 Å². The molecule has 0 spiro atoms. The average molecular weight is 320 g/mol. The number of carbonyl (C=O) groups excluding carboxylic acids is 3. The summed E-state index contributed by atoms with van der Waals surface area (Å²) in [5.74, 6) is -0.531. The fraction of sp³-hybridized carbons (Fsp3) is 0.722. The second kappa shape index (κ2) is 5.08. The molecule has 2 fully saturated rings. The maximum Gasteiger partial charge on any atom is 0.167 e. The summed E-state index contributed by atoms with van der Waals surface area (Å²) in [6.07, 6.45) is 1.29. The molecule has 0 aromatic heterocycles. The minimum Gasteiger partial charge on any atom is -0.372 e. The van der Waals surface area contributed by atoms with E-state index in [1.165, 1.54) is 6.92 Å². The van der Waals surface area contributed by atoms with Gasteiger partial charge >= 0.3 is 0 Å². The molecule has 0 bridgehead atoms. The van der Waals surface area contributed by atoms with Gasteiger partial charge in [0.2, 0.25) is 0 Å². The van der Waals surface area contributed by atoms with Crippen molar-refractivity contribution in [1.82, 2.24) is 0 Å². The Morgan fingerprint density at radius 2 is 1.91 bits per heavy atom. The lowest BCUT2D eigenvalue weighted by Crippen LogP contribution is -2.54. The van der Waals surface area contributed by atoms with Crippen molar-refractivity contribution in [2.45, 2.75) is 70.9 Å². The third-order valence-corrected chi connectivity index (χ3v) is 6.29. The van der Waals surface area contributed by atoms with Crippen LogP contribution >= 0.6 is 0 Å². The maximum absolute atomic E-state index is 12.5. The van der Waals surface area contributed by atoms with E-state index in [4.69, 9.17) is 9.47 Å². The van der Waals surface area contributed by atoms with E-state index < -0.39 is 11.2 Å². The number of ketones is 2. The lowest BCUT2D eigenvalue weighted by molar-refractivity contribution is -0.124. The first-order chi connectivity index (χ1) is 10.7. The molecule has 0 radical (unpaired) electrons. The molecule has 23 heavy (non-hydrogen) atoms. The summed E-state index contributed by atoms with van der Waals surface area (Å²) in [6.45, 7) is 9.46. The second-order valence-electron chi connectivity index (χ2n) is 7.38. The molecule has 0 N–H and O–H groups in total. The van der Waals surface area contributed by atoms with Gasteiger partial charge in [0, 0.05) is 23.8 Å². The Morgan fingerprint density at radius 1 is 1.26 bits per heavy atom. The predicted molar refractivity (Wildman–Crippen MR) is 82.9 cm³/mol. The zero-order valence-corrected chi connectivity index (χ0v) is 14.3. The molecule has 5 nitrogen and oxygen atoms in total. The van der Waals surface area contributed by atoms with Crippen LogP contribution in [0.1, 0.15) is 47.5 Å². The topological polar surface area (TPSA) is 73.0 Å². The molecule has 6 unspecified atom stereocenters. The molecule has 2 aliphatic heterocycles. The van der Waals surface area contributed by atoms with Gasteiger partial charge in [0.1, 0.15) is 17.5 Å². The van der Waals surface area contributed by atoms with Crippen LogP contribution in [0.25, 0.3) is 0 Å². The van der Waals surface area contributed by atoms with Crippen LogP contribution in [-0.2, 0) is 23.9 Å². The summed E-state index contributed by atoms with van der Waals surface area (Å²) in [6, 6.07) is 0. The summed E-state index contributed by atoms with van der Waals surface area (Å²) >= 11 is 0. The molecule has 3 aliphatic rings. The summed E-state index contributed by atoms with van der Waals surface area (Å²) in [4.78, 5) is 35.6. The standard InChI is InChI=1S/C18H24O5/c1-9-11(3)22-12(4)17(5)18(9,23-17)14-6-13(8-19)16(10(2)20)15(21)7-14/h8-9,11-12,14H,6-7H2,1-5H3. The summed E-state index contributed by atoms with van der Waals surface area (Å²) in [5.41, 5.74) is -0.497. The molecule has 1 aliphatic carbocycles. The van der Waals surface area contributed by atoms with Gasteiger partial charge in [-0.2, -0.15) is 0 Å². The smallest absolute Gasteiger partial charge is 0.167 e. The van der Waals surface area contributed by atoms with Gasteiger partial charge in [-0.1, -0.05) is 6.92 Å². The van der Waals surface area contributed by atoms with Crippen LogP contribution in [0.3, 0.4) is 0 Å². The van der Waals surface area contributed by atoms with Crippen molar-refractivity contribution in [3.63, 3.8) is 0 Å². The van der Waals surface area contributed by atoms with Crippen LogP contribution < -0.4 is 0 Å². The predicted octanol–water partition coefficient (Wildman–Crippen LogP) is 2.02. The van der Waals surface area contributed by atoms with Crippen LogP contribution in [0.2, 0.25) is 0 Å². The van der Waals surface area contributed by atoms with Gasteiger partial charge in [0.15, 0.2) is 11.6 Å². The zero-order valence-electron chi connectivity index (χ0n) is 14.3. The van der Waals surface area contributed by atoms with E-state index in [1.807, 2.05) is 20.8 Å². The lowest BCUT2D eigenvalue weighted by Gasteiger charge is -2.42. The van der Waals surface area contributed by atoms with E-state index in [-0.39, 0.29) is 47.6 Å². The molecule has 2 heterocycles. The van der Waals surface area contributed by atoms with E-state index in [1.54, 1.807) is 0 Å². The molecular formula is C18H24O5. The van der Waals surface area contributed by atoms with Gasteiger partial charge < -0.3 is 9.47 Å². The first-order valence-corrected chi connectivity index (χ1v) is 8.27. The second-order valence-corrected chi connectivity index (χ2v) is 7.38. The normalized spacial score (nSPS) is 46.4. The number of carbonyl (C=O) groups is 3. The van der Waals surface area contributed by atoms with Crippen molar-refractivity contribution >= 4 is 17.9 Å². The minimum absolute atomic E-state index is 0.0218. The summed E-state index contributed by atoms with van der Waals surface area (Å²) in [7, 11) is 0. The molecule has 5 heteroatoms. The van der Waals surface area contributed by atoms with E-state index in [2.05, 4.69) is 6.92 Å². The van der Waals surface area contributed by atoms with Crippen molar-refractivity contribution in [2.24, 2.45) is 11.8 Å². The van der Waals surface area contributed by atoms with Crippen LogP contribution in [0.5, 0.6) is 0 Å². The van der Waals surface area contributed by atoms with Crippen molar-refractivity contribution in [2.75, 3.05) is 0 Å². The quantitative estimate of drug-likeness (QED) is 0.452. The van der Waals surface area contributed by atoms with Gasteiger partial charge in [0.25, 0.3) is 0 Å². The lowest BCUT2D eigenvalue weighted by atomic mass is 9.64. The third-order valence-electron chi connectivity index (χ3n) is 6.29. The van der Waals surface area contributed by atoms with Crippen LogP contribution in [0.15, 0.2) is 11.1 Å². The Morgan fingerprint density at radius 3 is 2.48 bits per heavy atom. The summed E-state index contributed by atoms with van der Waals surface area (Å²) < 4.78 is 12.2. The highest BCUT2D eigenvalue weighted by Gasteiger charge is 2.78. The molecule has 3 rings (SSSR count). The van der Waals surface area contributed by atoms with E-state index in [0.717, 1.165) is 0 Å². The van der Waals surface area contributed by atoms with Crippen molar-refractivity contribution in [3.05, 3.63) is 11.1 Å². The molecule has 0 saturated carbocycles. The number of Topliss-reactive ketones (excluding diaryl/α,β-unsaturated/α-hetero) is 2. The van der Waals surface area contributed by atoms with E-state index in [0.29, 0.717) is 18.3 Å². The number of hydrogen-bond acceptors (Lipinski definition) is 5. The van der Waals surface area contributed by atoms with E-state index >= 15 is 0 Å². The zero-order chi connectivity index (χ0) is 17.2. The van der Waals surface area contributed by atoms with Crippen molar-refractivity contribution in [1.29, 1.82) is 0 Å². The maximum atomic E-state index is 12.5. The molecule has 126 valence electrons. The summed E-state index contributed by atoms with van der Waals surface area (Å²) in [5, 5.41) is 0. The number of allylic oxidation sites excluding steroid dienone is 2. The van der Waals surface area contributed by atoms with Gasteiger partial charge in [-0.15, -0.1) is 0 Å². The first-order valence-electron chi connectivity index (χ1n) is 8.27. The largest absolute Gasteiger partial charge is 0.372 e. The third kappa shape index (κ3) is 2.02. The Balaban J connectivity index is 1.99. The highest BCUT2D eigenvalue weighted by molar-refractivity contribution is 6.22. The molecule has 2 saturated heterocycles. The SMILES string of the molecule is CC(=O)C1=C(C=O)CC(C23OC2(C)C(C)OC(C)C3C)CC1=O. The molecule has 0 aromatic rings. The number of hydrogen-bond donors (Lipinski definition) is 0.